The van der Waals surface area contributed by atoms with Crippen molar-refractivity contribution >= 4 is 5.91 Å². The smallest absolute Gasteiger partial charge is 0.251 e. The quantitative estimate of drug-likeness (QED) is 0.776. The van der Waals surface area contributed by atoms with Gasteiger partial charge >= 0.3 is 0 Å². The summed E-state index contributed by atoms with van der Waals surface area (Å²) in [4.78, 5) is 21.3. The Bertz CT molecular complexity index is 889. The van der Waals surface area contributed by atoms with E-state index >= 15 is 0 Å². The topological polar surface area (TPSA) is 72.7 Å². The van der Waals surface area contributed by atoms with E-state index in [-0.39, 0.29) is 5.91 Å². The molecule has 0 spiro atoms. The van der Waals surface area contributed by atoms with Gasteiger partial charge in [-0.25, -0.2) is 9.97 Å². The molecule has 6 nitrogen and oxygen atoms in total. The number of rotatable bonds is 5. The van der Waals surface area contributed by atoms with Crippen LogP contribution < -0.4 is 5.32 Å². The Morgan fingerprint density at radius 2 is 2.20 bits per heavy atom. The van der Waals surface area contributed by atoms with E-state index < -0.39 is 0 Å². The monoisotopic (exact) mass is 333 g/mol. The summed E-state index contributed by atoms with van der Waals surface area (Å²) in [6.45, 7) is 0.984. The van der Waals surface area contributed by atoms with E-state index in [0.717, 1.165) is 30.5 Å². The van der Waals surface area contributed by atoms with E-state index in [1.807, 2.05) is 47.4 Å². The van der Waals surface area contributed by atoms with Gasteiger partial charge in [-0.15, -0.1) is 0 Å². The molecule has 1 aliphatic carbocycles. The highest BCUT2D eigenvalue weighted by Gasteiger charge is 2.14. The molecule has 0 bridgehead atoms. The zero-order valence-corrected chi connectivity index (χ0v) is 13.9. The van der Waals surface area contributed by atoms with E-state index in [1.165, 1.54) is 5.56 Å². The fourth-order valence-electron chi connectivity index (χ4n) is 3.09. The molecule has 0 unspecified atom stereocenters. The van der Waals surface area contributed by atoms with Crippen molar-refractivity contribution in [2.75, 3.05) is 0 Å². The molecule has 0 aliphatic heterocycles. The van der Waals surface area contributed by atoms with Gasteiger partial charge in [0, 0.05) is 29.8 Å². The molecule has 2 heterocycles. The summed E-state index contributed by atoms with van der Waals surface area (Å²) >= 11 is 0. The van der Waals surface area contributed by atoms with Gasteiger partial charge in [-0.2, -0.15) is 5.10 Å². The highest BCUT2D eigenvalue weighted by atomic mass is 16.1. The molecular formula is C19H19N5O. The molecule has 0 saturated heterocycles. The highest BCUT2D eigenvalue weighted by molar-refractivity contribution is 5.94. The van der Waals surface area contributed by atoms with E-state index in [9.17, 15) is 4.79 Å². The maximum atomic E-state index is 12.4. The normalized spacial score (nSPS) is 12.8. The van der Waals surface area contributed by atoms with Gasteiger partial charge in [0.15, 0.2) is 0 Å². The first kappa shape index (κ1) is 15.5. The maximum Gasteiger partial charge on any atom is 0.251 e. The van der Waals surface area contributed by atoms with Crippen LogP contribution in [0.5, 0.6) is 0 Å². The molecule has 1 aromatic carbocycles. The van der Waals surface area contributed by atoms with Crippen molar-refractivity contribution in [3.8, 4) is 0 Å². The predicted octanol–water partition coefficient (Wildman–Crippen LogP) is 2.14. The number of fused-ring (bicyclic) bond motifs is 1. The van der Waals surface area contributed by atoms with Crippen LogP contribution in [-0.2, 0) is 25.9 Å². The lowest BCUT2D eigenvalue weighted by atomic mass is 10.1. The standard InChI is InChI=1S/C19H19N5O/c25-19(21-12-18-20-11-16-6-2-7-17(16)23-18)15-5-1-4-14(10-15)13-24-9-3-8-22-24/h1,3-5,8-11H,2,6-7,12-13H2,(H,21,25). The summed E-state index contributed by atoms with van der Waals surface area (Å²) in [6, 6.07) is 9.46. The van der Waals surface area contributed by atoms with Crippen molar-refractivity contribution in [1.29, 1.82) is 0 Å². The van der Waals surface area contributed by atoms with Crippen LogP contribution in [-0.4, -0.2) is 25.7 Å². The Kier molecular flexibility index (Phi) is 4.24. The molecule has 1 N–H and O–H groups in total. The molecule has 126 valence electrons. The third kappa shape index (κ3) is 3.57. The number of nitrogens with zero attached hydrogens (tertiary/aromatic N) is 4. The predicted molar refractivity (Wildman–Crippen MR) is 93.0 cm³/mol. The van der Waals surface area contributed by atoms with E-state index in [1.54, 1.807) is 6.20 Å². The number of hydrogen-bond donors (Lipinski definition) is 1. The summed E-state index contributed by atoms with van der Waals surface area (Å²) in [7, 11) is 0. The summed E-state index contributed by atoms with van der Waals surface area (Å²) in [5, 5.41) is 7.10. The average molecular weight is 333 g/mol. The van der Waals surface area contributed by atoms with Crippen molar-refractivity contribution < 1.29 is 4.79 Å². The molecular weight excluding hydrogens is 314 g/mol. The van der Waals surface area contributed by atoms with Crippen molar-refractivity contribution in [1.82, 2.24) is 25.1 Å². The molecule has 1 aliphatic rings. The SMILES string of the molecule is O=C(NCc1ncc2c(n1)CCC2)c1cccc(Cn2cccn2)c1. The molecule has 4 rings (SSSR count). The number of hydrogen-bond acceptors (Lipinski definition) is 4. The Morgan fingerprint density at radius 1 is 1.24 bits per heavy atom. The lowest BCUT2D eigenvalue weighted by Crippen LogP contribution is -2.24. The van der Waals surface area contributed by atoms with Gasteiger partial charge in [0.05, 0.1) is 13.1 Å². The molecule has 0 atom stereocenters. The van der Waals surface area contributed by atoms with Crippen molar-refractivity contribution in [2.45, 2.75) is 32.4 Å². The van der Waals surface area contributed by atoms with E-state index in [0.29, 0.717) is 24.5 Å². The van der Waals surface area contributed by atoms with Crippen LogP contribution in [0.2, 0.25) is 0 Å². The lowest BCUT2D eigenvalue weighted by Gasteiger charge is -2.08. The van der Waals surface area contributed by atoms with Crippen molar-refractivity contribution in [2.24, 2.45) is 0 Å². The van der Waals surface area contributed by atoms with Gasteiger partial charge in [-0.3, -0.25) is 9.48 Å². The maximum absolute atomic E-state index is 12.4. The van der Waals surface area contributed by atoms with Crippen LogP contribution in [0.4, 0.5) is 0 Å². The number of carbonyl (C=O) groups is 1. The number of benzene rings is 1. The van der Waals surface area contributed by atoms with Gasteiger partial charge in [-0.05, 0) is 48.6 Å². The number of amides is 1. The van der Waals surface area contributed by atoms with Crippen LogP contribution in [0, 0.1) is 0 Å². The van der Waals surface area contributed by atoms with E-state index in [4.69, 9.17) is 0 Å². The van der Waals surface area contributed by atoms with Crippen LogP contribution in [0.15, 0.2) is 48.9 Å². The van der Waals surface area contributed by atoms with Gasteiger partial charge in [-0.1, -0.05) is 12.1 Å². The zero-order valence-electron chi connectivity index (χ0n) is 13.9. The first-order chi connectivity index (χ1) is 12.3. The molecule has 3 aromatic rings. The fraction of sp³-hybridized carbons (Fsp3) is 0.263. The molecule has 0 radical (unpaired) electrons. The van der Waals surface area contributed by atoms with E-state index in [2.05, 4.69) is 20.4 Å². The van der Waals surface area contributed by atoms with Crippen LogP contribution in [0.3, 0.4) is 0 Å². The van der Waals surface area contributed by atoms with Gasteiger partial charge < -0.3 is 5.32 Å². The van der Waals surface area contributed by atoms with Crippen molar-refractivity contribution in [3.05, 3.63) is 77.1 Å². The third-order valence-electron chi connectivity index (χ3n) is 4.36. The molecule has 6 heteroatoms. The Morgan fingerprint density at radius 3 is 3.08 bits per heavy atom. The van der Waals surface area contributed by atoms with Crippen LogP contribution in [0.25, 0.3) is 0 Å². The second-order valence-corrected chi connectivity index (χ2v) is 6.20. The van der Waals surface area contributed by atoms with Crippen LogP contribution >= 0.6 is 0 Å². The molecule has 2 aromatic heterocycles. The minimum Gasteiger partial charge on any atom is -0.345 e. The summed E-state index contributed by atoms with van der Waals surface area (Å²) in [5.74, 6) is 0.549. The van der Waals surface area contributed by atoms with Gasteiger partial charge in [0.1, 0.15) is 5.82 Å². The summed E-state index contributed by atoms with van der Waals surface area (Å²) in [5.41, 5.74) is 4.03. The Balaban J connectivity index is 1.41. The second-order valence-electron chi connectivity index (χ2n) is 6.20. The molecule has 0 saturated carbocycles. The Labute approximate surface area is 145 Å². The summed E-state index contributed by atoms with van der Waals surface area (Å²) < 4.78 is 1.83. The third-order valence-corrected chi connectivity index (χ3v) is 4.36. The first-order valence-corrected chi connectivity index (χ1v) is 8.46. The van der Waals surface area contributed by atoms with Gasteiger partial charge in [0.25, 0.3) is 5.91 Å². The number of carbonyl (C=O) groups excluding carboxylic acids is 1. The fourth-order valence-corrected chi connectivity index (χ4v) is 3.09. The first-order valence-electron chi connectivity index (χ1n) is 8.46. The highest BCUT2D eigenvalue weighted by Crippen LogP contribution is 2.18. The Hall–Kier alpha value is -3.02. The van der Waals surface area contributed by atoms with Gasteiger partial charge in [0.2, 0.25) is 0 Å². The molecule has 1 amide bonds. The largest absolute Gasteiger partial charge is 0.345 e. The minimum atomic E-state index is -0.119. The van der Waals surface area contributed by atoms with Crippen LogP contribution in [0.1, 0.15) is 39.4 Å². The summed E-state index contributed by atoms with van der Waals surface area (Å²) in [6.07, 6.45) is 8.74. The second kappa shape index (κ2) is 6.84. The molecule has 0 fully saturated rings. The minimum absolute atomic E-state index is 0.119. The number of aromatic nitrogens is 4. The molecule has 25 heavy (non-hydrogen) atoms. The average Bonchev–Trinajstić information content (AvgIpc) is 3.31. The lowest BCUT2D eigenvalue weighted by molar-refractivity contribution is 0.0949. The zero-order chi connectivity index (χ0) is 17.1. The number of aryl methyl sites for hydroxylation is 2. The van der Waals surface area contributed by atoms with Crippen molar-refractivity contribution in [3.63, 3.8) is 0 Å². The number of nitrogens with one attached hydrogen (secondary N) is 1.